The Bertz CT molecular complexity index is 744. The van der Waals surface area contributed by atoms with Gasteiger partial charge in [-0.25, -0.2) is 4.79 Å². The number of methoxy groups -OCH3 is 1. The zero-order valence-corrected chi connectivity index (χ0v) is 17.6. The van der Waals surface area contributed by atoms with Crippen LogP contribution in [0.2, 0.25) is 0 Å². The van der Waals surface area contributed by atoms with E-state index in [2.05, 4.69) is 13.8 Å². The maximum atomic E-state index is 13.3. The summed E-state index contributed by atoms with van der Waals surface area (Å²) in [5.74, 6) is 0.0175. The van der Waals surface area contributed by atoms with Crippen molar-refractivity contribution >= 4 is 17.7 Å². The SMILES string of the molecule is COC(=O)c1c(C)c(C(=O)[C@H](C)N(CCC(C)C)C(=O)C2CC2)c(C)n1C. The number of aromatic nitrogens is 1. The van der Waals surface area contributed by atoms with Crippen LogP contribution >= 0.6 is 0 Å². The summed E-state index contributed by atoms with van der Waals surface area (Å²) in [5.41, 5.74) is 2.23. The van der Waals surface area contributed by atoms with Crippen LogP contribution < -0.4 is 0 Å². The first-order valence-electron chi connectivity index (χ1n) is 9.70. The second-order valence-electron chi connectivity index (χ2n) is 8.01. The van der Waals surface area contributed by atoms with Gasteiger partial charge in [0.15, 0.2) is 5.78 Å². The van der Waals surface area contributed by atoms with E-state index in [-0.39, 0.29) is 17.6 Å². The lowest BCUT2D eigenvalue weighted by Gasteiger charge is -2.29. The van der Waals surface area contributed by atoms with Gasteiger partial charge in [-0.1, -0.05) is 13.8 Å². The normalized spacial score (nSPS) is 15.0. The Morgan fingerprint density at radius 1 is 1.19 bits per heavy atom. The van der Waals surface area contributed by atoms with Gasteiger partial charge in [0.05, 0.1) is 13.2 Å². The molecule has 1 aromatic heterocycles. The summed E-state index contributed by atoms with van der Waals surface area (Å²) < 4.78 is 6.56. The smallest absolute Gasteiger partial charge is 0.354 e. The first kappa shape index (κ1) is 21.2. The van der Waals surface area contributed by atoms with Crippen molar-refractivity contribution < 1.29 is 19.1 Å². The molecule has 0 aromatic carbocycles. The van der Waals surface area contributed by atoms with Gasteiger partial charge < -0.3 is 14.2 Å². The van der Waals surface area contributed by atoms with Crippen LogP contribution in [0.5, 0.6) is 0 Å². The summed E-state index contributed by atoms with van der Waals surface area (Å²) in [7, 11) is 3.08. The quantitative estimate of drug-likeness (QED) is 0.516. The molecular formula is C21H32N2O4. The minimum atomic E-state index is -0.554. The second kappa shape index (κ2) is 8.28. The molecule has 1 heterocycles. The van der Waals surface area contributed by atoms with Gasteiger partial charge in [0.25, 0.3) is 0 Å². The van der Waals surface area contributed by atoms with E-state index in [0.717, 1.165) is 19.3 Å². The summed E-state index contributed by atoms with van der Waals surface area (Å²) in [4.78, 5) is 40.0. The highest BCUT2D eigenvalue weighted by atomic mass is 16.5. The van der Waals surface area contributed by atoms with Gasteiger partial charge in [-0.15, -0.1) is 0 Å². The number of rotatable bonds is 8. The lowest BCUT2D eigenvalue weighted by molar-refractivity contribution is -0.134. The van der Waals surface area contributed by atoms with Gasteiger partial charge in [-0.05, 0) is 51.5 Å². The van der Waals surface area contributed by atoms with Gasteiger partial charge in [0.2, 0.25) is 5.91 Å². The third-order valence-corrected chi connectivity index (χ3v) is 5.56. The summed E-state index contributed by atoms with van der Waals surface area (Å²) in [6, 6.07) is -0.554. The number of carbonyl (C=O) groups is 3. The van der Waals surface area contributed by atoms with Crippen molar-refractivity contribution in [2.24, 2.45) is 18.9 Å². The molecule has 0 unspecified atom stereocenters. The largest absolute Gasteiger partial charge is 0.464 e. The van der Waals surface area contributed by atoms with Crippen molar-refractivity contribution in [3.05, 3.63) is 22.5 Å². The van der Waals surface area contributed by atoms with E-state index in [1.807, 2.05) is 6.92 Å². The highest BCUT2D eigenvalue weighted by molar-refractivity contribution is 6.06. The summed E-state index contributed by atoms with van der Waals surface area (Å²) in [6.45, 7) is 10.2. The van der Waals surface area contributed by atoms with Gasteiger partial charge in [-0.2, -0.15) is 0 Å². The molecule has 1 atom stereocenters. The molecule has 0 radical (unpaired) electrons. The molecule has 6 nitrogen and oxygen atoms in total. The molecule has 0 saturated heterocycles. The maximum Gasteiger partial charge on any atom is 0.354 e. The van der Waals surface area contributed by atoms with Crippen LogP contribution in [-0.2, 0) is 16.6 Å². The molecule has 1 aliphatic carbocycles. The number of Topliss-reactive ketones (excluding diaryl/α,β-unsaturated/α-hetero) is 1. The van der Waals surface area contributed by atoms with Crippen LogP contribution in [0, 0.1) is 25.7 Å². The average Bonchev–Trinajstić information content (AvgIpc) is 3.42. The number of amides is 1. The Balaban J connectivity index is 2.36. The zero-order chi connectivity index (χ0) is 20.5. The van der Waals surface area contributed by atoms with E-state index in [0.29, 0.717) is 35.0 Å². The molecule has 6 heteroatoms. The van der Waals surface area contributed by atoms with Crippen molar-refractivity contribution in [3.63, 3.8) is 0 Å². The topological polar surface area (TPSA) is 68.6 Å². The molecule has 1 saturated carbocycles. The molecule has 0 bridgehead atoms. The fraction of sp³-hybridized carbons (Fsp3) is 0.667. The fourth-order valence-electron chi connectivity index (χ4n) is 3.53. The Morgan fingerprint density at radius 2 is 1.78 bits per heavy atom. The zero-order valence-electron chi connectivity index (χ0n) is 17.6. The lowest BCUT2D eigenvalue weighted by Crippen LogP contribution is -2.45. The van der Waals surface area contributed by atoms with E-state index in [1.165, 1.54) is 7.11 Å². The molecule has 1 fully saturated rings. The lowest BCUT2D eigenvalue weighted by atomic mass is 9.99. The van der Waals surface area contributed by atoms with Crippen molar-refractivity contribution in [2.45, 2.75) is 59.9 Å². The van der Waals surface area contributed by atoms with E-state index < -0.39 is 12.0 Å². The van der Waals surface area contributed by atoms with Gasteiger partial charge in [0, 0.05) is 30.8 Å². The summed E-state index contributed by atoms with van der Waals surface area (Å²) >= 11 is 0. The Labute approximate surface area is 161 Å². The monoisotopic (exact) mass is 376 g/mol. The molecule has 1 aromatic rings. The van der Waals surface area contributed by atoms with Crippen LogP contribution in [-0.4, -0.2) is 46.8 Å². The first-order valence-corrected chi connectivity index (χ1v) is 9.70. The van der Waals surface area contributed by atoms with Crippen LogP contribution in [0.15, 0.2) is 0 Å². The highest BCUT2D eigenvalue weighted by Crippen LogP contribution is 2.33. The minimum absolute atomic E-state index is 0.0657. The fourth-order valence-corrected chi connectivity index (χ4v) is 3.53. The molecular weight excluding hydrogens is 344 g/mol. The molecule has 1 amide bonds. The number of ketones is 1. The molecule has 0 spiro atoms. The third kappa shape index (κ3) is 4.25. The standard InChI is InChI=1S/C21H32N2O4/c1-12(2)10-11-23(20(25)16-8-9-16)15(5)19(24)17-13(3)18(21(26)27-7)22(6)14(17)4/h12,15-16H,8-11H2,1-7H3/t15-/m0/s1. The molecule has 2 rings (SSSR count). The summed E-state index contributed by atoms with van der Waals surface area (Å²) in [6.07, 6.45) is 2.68. The predicted molar refractivity (Wildman–Crippen MR) is 104 cm³/mol. The van der Waals surface area contributed by atoms with Crippen molar-refractivity contribution in [3.8, 4) is 0 Å². The van der Waals surface area contributed by atoms with Crippen LogP contribution in [0.25, 0.3) is 0 Å². The molecule has 1 aliphatic rings. The third-order valence-electron chi connectivity index (χ3n) is 5.56. The maximum absolute atomic E-state index is 13.3. The van der Waals surface area contributed by atoms with Gasteiger partial charge in [-0.3, -0.25) is 9.59 Å². The summed E-state index contributed by atoms with van der Waals surface area (Å²) in [5, 5.41) is 0. The number of ether oxygens (including phenoxy) is 1. The predicted octanol–water partition coefficient (Wildman–Crippen LogP) is 3.28. The number of nitrogens with zero attached hydrogens (tertiary/aromatic N) is 2. The van der Waals surface area contributed by atoms with Crippen molar-refractivity contribution in [1.29, 1.82) is 0 Å². The van der Waals surface area contributed by atoms with Gasteiger partial charge in [0.1, 0.15) is 5.69 Å². The highest BCUT2D eigenvalue weighted by Gasteiger charge is 2.38. The Morgan fingerprint density at radius 3 is 2.26 bits per heavy atom. The molecule has 0 N–H and O–H groups in total. The number of hydrogen-bond acceptors (Lipinski definition) is 4. The number of carbonyl (C=O) groups excluding carboxylic acids is 3. The van der Waals surface area contributed by atoms with E-state index in [4.69, 9.17) is 4.74 Å². The van der Waals surface area contributed by atoms with Crippen molar-refractivity contribution in [2.75, 3.05) is 13.7 Å². The van der Waals surface area contributed by atoms with Crippen LogP contribution in [0.4, 0.5) is 0 Å². The Kier molecular flexibility index (Phi) is 6.50. The molecule has 150 valence electrons. The number of hydrogen-bond donors (Lipinski definition) is 0. The first-order chi connectivity index (χ1) is 12.6. The van der Waals surface area contributed by atoms with E-state index in [9.17, 15) is 14.4 Å². The van der Waals surface area contributed by atoms with Crippen LogP contribution in [0.1, 0.15) is 72.1 Å². The second-order valence-corrected chi connectivity index (χ2v) is 8.01. The average molecular weight is 376 g/mol. The van der Waals surface area contributed by atoms with Gasteiger partial charge >= 0.3 is 5.97 Å². The van der Waals surface area contributed by atoms with E-state index >= 15 is 0 Å². The molecule has 27 heavy (non-hydrogen) atoms. The number of esters is 1. The molecule has 0 aliphatic heterocycles. The Hall–Kier alpha value is -2.11. The minimum Gasteiger partial charge on any atom is -0.464 e. The van der Waals surface area contributed by atoms with Crippen LogP contribution in [0.3, 0.4) is 0 Å². The van der Waals surface area contributed by atoms with Crippen molar-refractivity contribution in [1.82, 2.24) is 9.47 Å². The van der Waals surface area contributed by atoms with E-state index in [1.54, 1.807) is 30.4 Å².